The highest BCUT2D eigenvalue weighted by atomic mass is 16.1. The normalized spacial score (nSPS) is 33.6. The van der Waals surface area contributed by atoms with Gasteiger partial charge in [-0.2, -0.15) is 0 Å². The molecule has 2 saturated carbocycles. The maximum Gasteiger partial charge on any atom is 0.223 e. The molecule has 3 nitrogen and oxygen atoms in total. The lowest BCUT2D eigenvalue weighted by atomic mass is 9.79. The van der Waals surface area contributed by atoms with Crippen LogP contribution in [0.2, 0.25) is 0 Å². The lowest BCUT2D eigenvalue weighted by molar-refractivity contribution is -0.126. The first-order chi connectivity index (χ1) is 10.2. The van der Waals surface area contributed by atoms with E-state index in [1.807, 2.05) is 0 Å². The van der Waals surface area contributed by atoms with E-state index in [1.165, 1.54) is 51.4 Å². The van der Waals surface area contributed by atoms with Gasteiger partial charge in [-0.25, -0.2) is 0 Å². The van der Waals surface area contributed by atoms with Crippen LogP contribution in [-0.2, 0) is 4.79 Å². The van der Waals surface area contributed by atoms with Crippen molar-refractivity contribution < 1.29 is 4.79 Å². The van der Waals surface area contributed by atoms with E-state index < -0.39 is 0 Å². The Morgan fingerprint density at radius 1 is 1.10 bits per heavy atom. The van der Waals surface area contributed by atoms with E-state index in [0.29, 0.717) is 17.9 Å². The van der Waals surface area contributed by atoms with Crippen molar-refractivity contribution in [1.29, 1.82) is 0 Å². The van der Waals surface area contributed by atoms with Crippen molar-refractivity contribution in [2.45, 2.75) is 83.6 Å². The first-order valence-electron chi connectivity index (χ1n) is 9.24. The van der Waals surface area contributed by atoms with Crippen LogP contribution in [-0.4, -0.2) is 18.5 Å². The molecule has 0 saturated heterocycles. The van der Waals surface area contributed by atoms with Crippen molar-refractivity contribution in [3.8, 4) is 0 Å². The zero-order chi connectivity index (χ0) is 15.1. The van der Waals surface area contributed by atoms with Gasteiger partial charge in [0.15, 0.2) is 0 Å². The number of nitrogens with two attached hydrogens (primary N) is 1. The van der Waals surface area contributed by atoms with Gasteiger partial charge >= 0.3 is 0 Å². The summed E-state index contributed by atoms with van der Waals surface area (Å²) < 4.78 is 0. The third-order valence-corrected chi connectivity index (χ3v) is 5.69. The van der Waals surface area contributed by atoms with E-state index >= 15 is 0 Å². The van der Waals surface area contributed by atoms with Crippen LogP contribution in [0.4, 0.5) is 0 Å². The summed E-state index contributed by atoms with van der Waals surface area (Å²) in [5, 5.41) is 3.19. The molecule has 0 aromatic carbocycles. The minimum absolute atomic E-state index is 0.266. The van der Waals surface area contributed by atoms with Gasteiger partial charge in [0.25, 0.3) is 0 Å². The standard InChI is InChI=1S/C18H34N2O/c1-2-3-6-14-9-11-15(12-10-14)18(21)20-13-16-7-4-5-8-17(16)19/h14-17H,2-13,19H2,1H3,(H,20,21). The molecule has 2 atom stereocenters. The van der Waals surface area contributed by atoms with E-state index in [0.717, 1.165) is 31.7 Å². The lowest BCUT2D eigenvalue weighted by Gasteiger charge is -2.31. The second kappa shape index (κ2) is 8.77. The van der Waals surface area contributed by atoms with Gasteiger partial charge in [0.1, 0.15) is 0 Å². The number of carbonyl (C=O) groups is 1. The number of rotatable bonds is 6. The van der Waals surface area contributed by atoms with Gasteiger partial charge in [-0.05, 0) is 50.4 Å². The molecule has 3 N–H and O–H groups in total. The molecule has 2 aliphatic rings. The molecule has 3 heteroatoms. The third-order valence-electron chi connectivity index (χ3n) is 5.69. The van der Waals surface area contributed by atoms with Crippen LogP contribution in [0.15, 0.2) is 0 Å². The Morgan fingerprint density at radius 2 is 1.81 bits per heavy atom. The molecule has 0 radical (unpaired) electrons. The van der Waals surface area contributed by atoms with E-state index in [4.69, 9.17) is 5.73 Å². The third kappa shape index (κ3) is 5.28. The summed E-state index contributed by atoms with van der Waals surface area (Å²) in [7, 11) is 0. The number of hydrogen-bond acceptors (Lipinski definition) is 2. The average molecular weight is 294 g/mol. The molecule has 21 heavy (non-hydrogen) atoms. The molecular weight excluding hydrogens is 260 g/mol. The SMILES string of the molecule is CCCCC1CCC(C(=O)NCC2CCCCC2N)CC1. The van der Waals surface area contributed by atoms with Gasteiger partial charge in [0.05, 0.1) is 0 Å². The summed E-state index contributed by atoms with van der Waals surface area (Å²) in [5.41, 5.74) is 6.16. The monoisotopic (exact) mass is 294 g/mol. The number of hydrogen-bond donors (Lipinski definition) is 2. The van der Waals surface area contributed by atoms with Crippen molar-refractivity contribution in [2.75, 3.05) is 6.54 Å². The Hall–Kier alpha value is -0.570. The molecular formula is C18H34N2O. The van der Waals surface area contributed by atoms with Crippen molar-refractivity contribution in [3.63, 3.8) is 0 Å². The molecule has 0 bridgehead atoms. The van der Waals surface area contributed by atoms with E-state index in [2.05, 4.69) is 12.2 Å². The van der Waals surface area contributed by atoms with Crippen LogP contribution in [0.5, 0.6) is 0 Å². The molecule has 0 aliphatic heterocycles. The maximum atomic E-state index is 12.3. The summed E-state index contributed by atoms with van der Waals surface area (Å²) in [4.78, 5) is 12.3. The fourth-order valence-corrected chi connectivity index (χ4v) is 4.07. The number of amides is 1. The highest BCUT2D eigenvalue weighted by Crippen LogP contribution is 2.32. The number of nitrogens with one attached hydrogen (secondary N) is 1. The first-order valence-corrected chi connectivity index (χ1v) is 9.24. The van der Waals surface area contributed by atoms with Gasteiger partial charge in [-0.3, -0.25) is 4.79 Å². The summed E-state index contributed by atoms with van der Waals surface area (Å²) in [6.45, 7) is 3.06. The molecule has 2 rings (SSSR count). The largest absolute Gasteiger partial charge is 0.356 e. The first kappa shape index (κ1) is 16.8. The fraction of sp³-hybridized carbons (Fsp3) is 0.944. The molecule has 0 aromatic heterocycles. The average Bonchev–Trinajstić information content (AvgIpc) is 2.52. The molecule has 122 valence electrons. The number of unbranched alkanes of at least 4 members (excludes halogenated alkanes) is 1. The summed E-state index contributed by atoms with van der Waals surface area (Å²) in [5.74, 6) is 1.94. The minimum Gasteiger partial charge on any atom is -0.356 e. The smallest absolute Gasteiger partial charge is 0.223 e. The second-order valence-corrected chi connectivity index (χ2v) is 7.31. The molecule has 2 fully saturated rings. The molecule has 0 spiro atoms. The summed E-state index contributed by atoms with van der Waals surface area (Å²) in [6, 6.07) is 0.295. The topological polar surface area (TPSA) is 55.1 Å². The van der Waals surface area contributed by atoms with Crippen molar-refractivity contribution in [2.24, 2.45) is 23.5 Å². The van der Waals surface area contributed by atoms with Gasteiger partial charge in [-0.1, -0.05) is 39.0 Å². The van der Waals surface area contributed by atoms with Crippen LogP contribution in [0, 0.1) is 17.8 Å². The summed E-state index contributed by atoms with van der Waals surface area (Å²) in [6.07, 6.45) is 13.5. The number of carbonyl (C=O) groups excluding carboxylic acids is 1. The lowest BCUT2D eigenvalue weighted by Crippen LogP contribution is -2.43. The van der Waals surface area contributed by atoms with Crippen LogP contribution in [0.1, 0.15) is 77.6 Å². The van der Waals surface area contributed by atoms with E-state index in [9.17, 15) is 4.79 Å². The Balaban J connectivity index is 1.65. The van der Waals surface area contributed by atoms with Crippen molar-refractivity contribution in [3.05, 3.63) is 0 Å². The fourth-order valence-electron chi connectivity index (χ4n) is 4.07. The molecule has 2 unspecified atom stereocenters. The predicted octanol–water partition coefficient (Wildman–Crippen LogP) is 3.62. The zero-order valence-electron chi connectivity index (χ0n) is 13.8. The second-order valence-electron chi connectivity index (χ2n) is 7.31. The zero-order valence-corrected chi connectivity index (χ0v) is 13.8. The highest BCUT2D eigenvalue weighted by Gasteiger charge is 2.27. The van der Waals surface area contributed by atoms with Crippen LogP contribution in [0.3, 0.4) is 0 Å². The Labute approximate surface area is 130 Å². The van der Waals surface area contributed by atoms with Crippen LogP contribution in [0.25, 0.3) is 0 Å². The molecule has 0 heterocycles. The van der Waals surface area contributed by atoms with E-state index in [-0.39, 0.29) is 5.92 Å². The van der Waals surface area contributed by atoms with Crippen LogP contribution >= 0.6 is 0 Å². The molecule has 1 amide bonds. The summed E-state index contributed by atoms with van der Waals surface area (Å²) >= 11 is 0. The van der Waals surface area contributed by atoms with Crippen molar-refractivity contribution in [1.82, 2.24) is 5.32 Å². The Morgan fingerprint density at radius 3 is 2.48 bits per heavy atom. The molecule has 0 aromatic rings. The Bertz CT molecular complexity index is 310. The highest BCUT2D eigenvalue weighted by molar-refractivity contribution is 5.78. The van der Waals surface area contributed by atoms with Gasteiger partial charge in [-0.15, -0.1) is 0 Å². The molecule has 2 aliphatic carbocycles. The maximum absolute atomic E-state index is 12.3. The quantitative estimate of drug-likeness (QED) is 0.786. The predicted molar refractivity (Wildman–Crippen MR) is 87.9 cm³/mol. The Kier molecular flexibility index (Phi) is 7.01. The van der Waals surface area contributed by atoms with E-state index in [1.54, 1.807) is 0 Å². The van der Waals surface area contributed by atoms with Gasteiger partial charge in [0.2, 0.25) is 5.91 Å². The van der Waals surface area contributed by atoms with Gasteiger partial charge < -0.3 is 11.1 Å². The van der Waals surface area contributed by atoms with Crippen LogP contribution < -0.4 is 11.1 Å². The van der Waals surface area contributed by atoms with Gasteiger partial charge in [0, 0.05) is 18.5 Å². The minimum atomic E-state index is 0.266. The van der Waals surface area contributed by atoms with Crippen molar-refractivity contribution >= 4 is 5.91 Å².